The van der Waals surface area contributed by atoms with Gasteiger partial charge in [-0.3, -0.25) is 0 Å². The summed E-state index contributed by atoms with van der Waals surface area (Å²) in [6.07, 6.45) is -0.416. The second kappa shape index (κ2) is 5.62. The number of likely N-dealkylation sites (N-methyl/N-ethyl adjacent to an activating group) is 1. The minimum Gasteiger partial charge on any atom is -0.494 e. The van der Waals surface area contributed by atoms with Crippen molar-refractivity contribution in [2.75, 3.05) is 20.2 Å². The molecule has 3 nitrogen and oxygen atoms in total. The van der Waals surface area contributed by atoms with Gasteiger partial charge in [-0.2, -0.15) is 0 Å². The van der Waals surface area contributed by atoms with Gasteiger partial charge in [-0.15, -0.1) is 0 Å². The fraction of sp³-hybridized carbons (Fsp3) is 0.455. The highest BCUT2D eigenvalue weighted by molar-refractivity contribution is 5.29. The maximum absolute atomic E-state index is 9.73. The number of aliphatic hydroxyl groups is 1. The molecular formula is C11H18NO2+. The maximum Gasteiger partial charge on any atom is 0.128 e. The molecule has 0 bridgehead atoms. The van der Waals surface area contributed by atoms with Crippen LogP contribution in [-0.2, 0) is 0 Å². The first-order chi connectivity index (χ1) is 6.77. The van der Waals surface area contributed by atoms with E-state index in [0.29, 0.717) is 13.2 Å². The van der Waals surface area contributed by atoms with Gasteiger partial charge in [0.05, 0.1) is 13.7 Å². The van der Waals surface area contributed by atoms with Gasteiger partial charge in [-0.05, 0) is 24.6 Å². The molecule has 1 unspecified atom stereocenters. The predicted molar refractivity (Wildman–Crippen MR) is 55.3 cm³/mol. The van der Waals surface area contributed by atoms with E-state index in [1.54, 1.807) is 0 Å². The van der Waals surface area contributed by atoms with Gasteiger partial charge in [-0.25, -0.2) is 0 Å². The number of hydrogen-bond acceptors (Lipinski definition) is 2. The number of ether oxygens (including phenoxy) is 1. The standard InChI is InChI=1S/C11H17NO2/c1-3-14-10-6-4-5-9(7-10)11(13)8-12-2/h4-7,11-13H,3,8H2,1-2H3/p+1. The number of quaternary nitrogens is 1. The molecular weight excluding hydrogens is 178 g/mol. The van der Waals surface area contributed by atoms with Gasteiger partial charge in [0.15, 0.2) is 0 Å². The third kappa shape index (κ3) is 3.01. The van der Waals surface area contributed by atoms with Crippen LogP contribution in [0.15, 0.2) is 24.3 Å². The van der Waals surface area contributed by atoms with Crippen molar-refractivity contribution in [3.63, 3.8) is 0 Å². The van der Waals surface area contributed by atoms with Crippen molar-refractivity contribution < 1.29 is 15.2 Å². The van der Waals surface area contributed by atoms with Crippen molar-refractivity contribution >= 4 is 0 Å². The molecule has 1 aromatic carbocycles. The SMILES string of the molecule is CCOc1cccc(C(O)C[NH2+]C)c1. The van der Waals surface area contributed by atoms with Gasteiger partial charge in [0.1, 0.15) is 18.4 Å². The van der Waals surface area contributed by atoms with E-state index >= 15 is 0 Å². The lowest BCUT2D eigenvalue weighted by Crippen LogP contribution is -2.80. The van der Waals surface area contributed by atoms with Gasteiger partial charge in [0, 0.05) is 0 Å². The molecule has 0 aromatic heterocycles. The Morgan fingerprint density at radius 1 is 1.50 bits per heavy atom. The van der Waals surface area contributed by atoms with Crippen LogP contribution in [0.5, 0.6) is 5.75 Å². The Bertz CT molecular complexity index is 276. The van der Waals surface area contributed by atoms with Crippen LogP contribution in [0.4, 0.5) is 0 Å². The summed E-state index contributed by atoms with van der Waals surface area (Å²) in [5, 5.41) is 11.7. The molecule has 0 aliphatic heterocycles. The Labute approximate surface area is 84.7 Å². The number of aliphatic hydroxyl groups excluding tert-OH is 1. The van der Waals surface area contributed by atoms with Crippen LogP contribution in [-0.4, -0.2) is 25.3 Å². The monoisotopic (exact) mass is 196 g/mol. The number of nitrogens with two attached hydrogens (primary N) is 1. The van der Waals surface area contributed by atoms with Crippen molar-refractivity contribution in [1.82, 2.24) is 0 Å². The Hall–Kier alpha value is -1.06. The second-order valence-corrected chi connectivity index (χ2v) is 3.17. The lowest BCUT2D eigenvalue weighted by molar-refractivity contribution is -0.634. The second-order valence-electron chi connectivity index (χ2n) is 3.17. The number of rotatable bonds is 5. The molecule has 1 atom stereocenters. The van der Waals surface area contributed by atoms with E-state index in [-0.39, 0.29) is 0 Å². The zero-order valence-corrected chi connectivity index (χ0v) is 8.73. The van der Waals surface area contributed by atoms with E-state index in [1.807, 2.05) is 43.6 Å². The summed E-state index contributed by atoms with van der Waals surface area (Å²) in [6, 6.07) is 7.60. The van der Waals surface area contributed by atoms with Crippen molar-refractivity contribution in [3.8, 4) is 5.75 Å². The minimum atomic E-state index is -0.416. The topological polar surface area (TPSA) is 46.1 Å². The van der Waals surface area contributed by atoms with Gasteiger partial charge in [0.25, 0.3) is 0 Å². The highest BCUT2D eigenvalue weighted by atomic mass is 16.5. The summed E-state index contributed by atoms with van der Waals surface area (Å²) >= 11 is 0. The summed E-state index contributed by atoms with van der Waals surface area (Å²) in [7, 11) is 1.94. The Morgan fingerprint density at radius 3 is 2.93 bits per heavy atom. The van der Waals surface area contributed by atoms with E-state index in [4.69, 9.17) is 4.74 Å². The zero-order chi connectivity index (χ0) is 10.4. The van der Waals surface area contributed by atoms with E-state index in [1.165, 1.54) is 0 Å². The Morgan fingerprint density at radius 2 is 2.29 bits per heavy atom. The molecule has 0 fully saturated rings. The molecule has 1 rings (SSSR count). The predicted octanol–water partition coefficient (Wildman–Crippen LogP) is 0.312. The van der Waals surface area contributed by atoms with Crippen LogP contribution in [0.1, 0.15) is 18.6 Å². The lowest BCUT2D eigenvalue weighted by Gasteiger charge is -2.10. The minimum absolute atomic E-state index is 0.416. The van der Waals surface area contributed by atoms with E-state index in [9.17, 15) is 5.11 Å². The third-order valence-electron chi connectivity index (χ3n) is 2.01. The van der Waals surface area contributed by atoms with Gasteiger partial charge in [0.2, 0.25) is 0 Å². The summed E-state index contributed by atoms with van der Waals surface area (Å²) < 4.78 is 5.35. The fourth-order valence-electron chi connectivity index (χ4n) is 1.34. The van der Waals surface area contributed by atoms with Crippen molar-refractivity contribution in [3.05, 3.63) is 29.8 Å². The molecule has 0 heterocycles. The van der Waals surface area contributed by atoms with Gasteiger partial charge < -0.3 is 15.2 Å². The molecule has 0 spiro atoms. The van der Waals surface area contributed by atoms with Crippen LogP contribution in [0, 0.1) is 0 Å². The third-order valence-corrected chi connectivity index (χ3v) is 2.01. The zero-order valence-electron chi connectivity index (χ0n) is 8.73. The highest BCUT2D eigenvalue weighted by Crippen LogP contribution is 2.18. The first-order valence-corrected chi connectivity index (χ1v) is 4.96. The molecule has 0 radical (unpaired) electrons. The Kier molecular flexibility index (Phi) is 4.43. The summed E-state index contributed by atoms with van der Waals surface area (Å²) in [5.41, 5.74) is 0.911. The fourth-order valence-corrected chi connectivity index (χ4v) is 1.34. The molecule has 0 aliphatic rings. The Balaban J connectivity index is 2.71. The molecule has 0 amide bonds. The quantitative estimate of drug-likeness (QED) is 0.712. The van der Waals surface area contributed by atoms with Gasteiger partial charge >= 0.3 is 0 Å². The van der Waals surface area contributed by atoms with Crippen LogP contribution < -0.4 is 10.1 Å². The summed E-state index contributed by atoms with van der Waals surface area (Å²) in [4.78, 5) is 0. The molecule has 78 valence electrons. The number of hydrogen-bond donors (Lipinski definition) is 2. The average Bonchev–Trinajstić information content (AvgIpc) is 2.19. The average molecular weight is 196 g/mol. The molecule has 0 aliphatic carbocycles. The van der Waals surface area contributed by atoms with E-state index < -0.39 is 6.10 Å². The van der Waals surface area contributed by atoms with E-state index in [0.717, 1.165) is 11.3 Å². The lowest BCUT2D eigenvalue weighted by atomic mass is 10.1. The summed E-state index contributed by atoms with van der Waals surface area (Å²) in [6.45, 7) is 3.28. The molecule has 0 saturated carbocycles. The summed E-state index contributed by atoms with van der Waals surface area (Å²) in [5.74, 6) is 0.820. The van der Waals surface area contributed by atoms with Crippen LogP contribution in [0.3, 0.4) is 0 Å². The molecule has 0 saturated heterocycles. The number of benzene rings is 1. The van der Waals surface area contributed by atoms with Crippen molar-refractivity contribution in [2.24, 2.45) is 0 Å². The van der Waals surface area contributed by atoms with Crippen molar-refractivity contribution in [2.45, 2.75) is 13.0 Å². The van der Waals surface area contributed by atoms with E-state index in [2.05, 4.69) is 0 Å². The maximum atomic E-state index is 9.73. The van der Waals surface area contributed by atoms with Crippen LogP contribution in [0.2, 0.25) is 0 Å². The first kappa shape index (κ1) is 11.0. The normalized spacial score (nSPS) is 12.5. The molecule has 3 heteroatoms. The molecule has 3 N–H and O–H groups in total. The van der Waals surface area contributed by atoms with Crippen molar-refractivity contribution in [1.29, 1.82) is 0 Å². The molecule has 1 aromatic rings. The first-order valence-electron chi connectivity index (χ1n) is 4.96. The van der Waals surface area contributed by atoms with Crippen LogP contribution in [0.25, 0.3) is 0 Å². The smallest absolute Gasteiger partial charge is 0.128 e. The largest absolute Gasteiger partial charge is 0.494 e. The highest BCUT2D eigenvalue weighted by Gasteiger charge is 2.08. The van der Waals surface area contributed by atoms with Crippen LogP contribution >= 0.6 is 0 Å². The van der Waals surface area contributed by atoms with Gasteiger partial charge in [-0.1, -0.05) is 12.1 Å². The molecule has 14 heavy (non-hydrogen) atoms.